The Labute approximate surface area is 63.7 Å². The van der Waals surface area contributed by atoms with E-state index in [9.17, 15) is 0 Å². The Hall–Kier alpha value is 0.270. The summed E-state index contributed by atoms with van der Waals surface area (Å²) in [6, 6.07) is 0. The fourth-order valence-electron chi connectivity index (χ4n) is 0.812. The Morgan fingerprint density at radius 1 is 1.62 bits per heavy atom. The molecule has 2 heteroatoms. The highest BCUT2D eigenvalue weighted by atomic mass is 127. The van der Waals surface area contributed by atoms with Crippen LogP contribution in [0.2, 0.25) is 0 Å². The molecule has 0 fully saturated rings. The highest BCUT2D eigenvalue weighted by Gasteiger charge is 2.02. The molecule has 0 spiro atoms. The minimum atomic E-state index is 1.16. The molecule has 1 heterocycles. The molecule has 0 aromatic rings. The van der Waals surface area contributed by atoms with E-state index in [1.54, 1.807) is 0 Å². The number of halogens is 1. The van der Waals surface area contributed by atoms with E-state index < -0.39 is 0 Å². The Bertz CT molecular complexity index is 104. The summed E-state index contributed by atoms with van der Waals surface area (Å²) in [6.45, 7) is 3.35. The molecule has 1 N–H and O–H groups in total. The molecule has 0 atom stereocenters. The maximum atomic E-state index is 3.30. The van der Waals surface area contributed by atoms with Gasteiger partial charge >= 0.3 is 0 Å². The molecule has 1 aliphatic heterocycles. The third-order valence-corrected chi connectivity index (χ3v) is 2.69. The lowest BCUT2D eigenvalue weighted by atomic mass is 10.1. The first kappa shape index (κ1) is 6.39. The van der Waals surface area contributed by atoms with Crippen molar-refractivity contribution in [1.29, 1.82) is 0 Å². The largest absolute Gasteiger partial charge is 0.380 e. The van der Waals surface area contributed by atoms with Crippen LogP contribution in [0.4, 0.5) is 0 Å². The summed E-state index contributed by atoms with van der Waals surface area (Å²) >= 11 is 2.35. The van der Waals surface area contributed by atoms with E-state index in [1.807, 2.05) is 0 Å². The van der Waals surface area contributed by atoms with Gasteiger partial charge in [0.1, 0.15) is 0 Å². The zero-order valence-corrected chi connectivity index (χ0v) is 7.16. The highest BCUT2D eigenvalue weighted by Crippen LogP contribution is 2.17. The van der Waals surface area contributed by atoms with Gasteiger partial charge in [0.25, 0.3) is 0 Å². The van der Waals surface area contributed by atoms with Gasteiger partial charge in [-0.3, -0.25) is 0 Å². The molecule has 1 rings (SSSR count). The van der Waals surface area contributed by atoms with Gasteiger partial charge < -0.3 is 5.32 Å². The second kappa shape index (κ2) is 2.71. The standard InChI is InChI=1S/C6H10IN/c1-5-3-2-4-8-6(5)7/h8H,2-4H2,1H3. The molecule has 0 saturated carbocycles. The Balaban J connectivity index is 2.60. The normalized spacial score (nSPS) is 20.8. The lowest BCUT2D eigenvalue weighted by molar-refractivity contribution is 0.695. The molecule has 0 aliphatic carbocycles. The number of allylic oxidation sites excluding steroid dienone is 1. The summed E-state index contributed by atoms with van der Waals surface area (Å²) in [5.41, 5.74) is 1.51. The van der Waals surface area contributed by atoms with Gasteiger partial charge in [0.2, 0.25) is 0 Å². The molecule has 8 heavy (non-hydrogen) atoms. The molecule has 0 aromatic carbocycles. The van der Waals surface area contributed by atoms with Crippen molar-refractivity contribution in [3.63, 3.8) is 0 Å². The van der Waals surface area contributed by atoms with Crippen molar-refractivity contribution in [3.05, 3.63) is 9.28 Å². The van der Waals surface area contributed by atoms with E-state index in [1.165, 1.54) is 22.1 Å². The zero-order valence-electron chi connectivity index (χ0n) is 5.00. The van der Waals surface area contributed by atoms with Gasteiger partial charge in [-0.2, -0.15) is 0 Å². The number of hydrogen-bond acceptors (Lipinski definition) is 1. The zero-order chi connectivity index (χ0) is 5.98. The summed E-state index contributed by atoms with van der Waals surface area (Å²) in [7, 11) is 0. The molecule has 0 aromatic heterocycles. The first-order valence-corrected chi connectivity index (χ1v) is 3.97. The van der Waals surface area contributed by atoms with Crippen molar-refractivity contribution in [2.24, 2.45) is 0 Å². The molecular weight excluding hydrogens is 213 g/mol. The van der Waals surface area contributed by atoms with E-state index >= 15 is 0 Å². The van der Waals surface area contributed by atoms with E-state index in [0.717, 1.165) is 6.54 Å². The molecule has 1 aliphatic rings. The number of nitrogens with one attached hydrogen (secondary N) is 1. The lowest BCUT2D eigenvalue weighted by Crippen LogP contribution is -2.16. The fraction of sp³-hybridized carbons (Fsp3) is 0.667. The van der Waals surface area contributed by atoms with Gasteiger partial charge in [-0.05, 0) is 47.9 Å². The minimum absolute atomic E-state index is 1.16. The van der Waals surface area contributed by atoms with Crippen LogP contribution in [0.5, 0.6) is 0 Å². The molecular formula is C6H10IN. The average molecular weight is 223 g/mol. The smallest absolute Gasteiger partial charge is 0.0720 e. The van der Waals surface area contributed by atoms with Crippen molar-refractivity contribution in [2.45, 2.75) is 19.8 Å². The summed E-state index contributed by atoms with van der Waals surface area (Å²) in [6.07, 6.45) is 2.59. The minimum Gasteiger partial charge on any atom is -0.380 e. The predicted octanol–water partition coefficient (Wildman–Crippen LogP) is 2.04. The third kappa shape index (κ3) is 1.37. The van der Waals surface area contributed by atoms with Gasteiger partial charge in [-0.15, -0.1) is 0 Å². The number of rotatable bonds is 0. The Morgan fingerprint density at radius 3 is 2.75 bits per heavy atom. The van der Waals surface area contributed by atoms with Crippen LogP contribution in [0.15, 0.2) is 9.28 Å². The van der Waals surface area contributed by atoms with E-state index in [2.05, 4.69) is 34.8 Å². The Morgan fingerprint density at radius 2 is 2.38 bits per heavy atom. The van der Waals surface area contributed by atoms with Gasteiger partial charge in [-0.1, -0.05) is 0 Å². The lowest BCUT2D eigenvalue weighted by Gasteiger charge is -2.14. The van der Waals surface area contributed by atoms with E-state index in [-0.39, 0.29) is 0 Å². The van der Waals surface area contributed by atoms with Crippen molar-refractivity contribution in [2.75, 3.05) is 6.54 Å². The van der Waals surface area contributed by atoms with E-state index in [4.69, 9.17) is 0 Å². The molecule has 46 valence electrons. The van der Waals surface area contributed by atoms with Gasteiger partial charge in [0.15, 0.2) is 0 Å². The average Bonchev–Trinajstić information content (AvgIpc) is 1.77. The molecule has 0 bridgehead atoms. The molecule has 0 amide bonds. The van der Waals surface area contributed by atoms with Crippen LogP contribution in [-0.4, -0.2) is 6.54 Å². The molecule has 0 saturated heterocycles. The van der Waals surface area contributed by atoms with Gasteiger partial charge in [0.05, 0.1) is 3.70 Å². The van der Waals surface area contributed by atoms with Crippen LogP contribution < -0.4 is 5.32 Å². The van der Waals surface area contributed by atoms with Gasteiger partial charge in [0, 0.05) is 6.54 Å². The van der Waals surface area contributed by atoms with Gasteiger partial charge in [-0.25, -0.2) is 0 Å². The van der Waals surface area contributed by atoms with Crippen LogP contribution in [-0.2, 0) is 0 Å². The van der Waals surface area contributed by atoms with Crippen molar-refractivity contribution in [1.82, 2.24) is 5.32 Å². The monoisotopic (exact) mass is 223 g/mol. The van der Waals surface area contributed by atoms with Crippen LogP contribution >= 0.6 is 22.6 Å². The molecule has 0 radical (unpaired) electrons. The van der Waals surface area contributed by atoms with E-state index in [0.29, 0.717) is 0 Å². The first-order valence-electron chi connectivity index (χ1n) is 2.90. The number of hydrogen-bond donors (Lipinski definition) is 1. The maximum absolute atomic E-state index is 3.30. The van der Waals surface area contributed by atoms with Crippen LogP contribution in [0.1, 0.15) is 19.8 Å². The summed E-state index contributed by atoms with van der Waals surface area (Å²) < 4.78 is 1.36. The fourth-order valence-corrected chi connectivity index (χ4v) is 1.35. The summed E-state index contributed by atoms with van der Waals surface area (Å²) in [4.78, 5) is 0. The molecule has 0 unspecified atom stereocenters. The first-order chi connectivity index (χ1) is 3.80. The van der Waals surface area contributed by atoms with Crippen molar-refractivity contribution >= 4 is 22.6 Å². The third-order valence-electron chi connectivity index (χ3n) is 1.38. The SMILES string of the molecule is CC1=C(I)NCCC1. The van der Waals surface area contributed by atoms with Crippen molar-refractivity contribution < 1.29 is 0 Å². The van der Waals surface area contributed by atoms with Crippen molar-refractivity contribution in [3.8, 4) is 0 Å². The predicted molar refractivity (Wildman–Crippen MR) is 44.0 cm³/mol. The van der Waals surface area contributed by atoms with Crippen LogP contribution in [0, 0.1) is 0 Å². The quantitative estimate of drug-likeness (QED) is 0.489. The molecule has 1 nitrogen and oxygen atoms in total. The van der Waals surface area contributed by atoms with Crippen LogP contribution in [0.25, 0.3) is 0 Å². The summed E-state index contributed by atoms with van der Waals surface area (Å²) in [5.74, 6) is 0. The second-order valence-electron chi connectivity index (χ2n) is 2.12. The second-order valence-corrected chi connectivity index (χ2v) is 3.20. The maximum Gasteiger partial charge on any atom is 0.0720 e. The summed E-state index contributed by atoms with van der Waals surface area (Å²) in [5, 5.41) is 3.30. The topological polar surface area (TPSA) is 12.0 Å². The highest BCUT2D eigenvalue weighted by molar-refractivity contribution is 14.1. The van der Waals surface area contributed by atoms with Crippen LogP contribution in [0.3, 0.4) is 0 Å². The Kier molecular flexibility index (Phi) is 2.16.